The second-order valence-corrected chi connectivity index (χ2v) is 4.68. The molecule has 2 aromatic rings. The Labute approximate surface area is 130 Å². The van der Waals surface area contributed by atoms with Gasteiger partial charge in [0.05, 0.1) is 5.69 Å². The minimum atomic E-state index is 0.737. The number of pyridine rings is 1. The predicted molar refractivity (Wildman–Crippen MR) is 90.2 cm³/mol. The molecule has 0 unspecified atom stereocenters. The first-order chi connectivity index (χ1) is 10.8. The largest absolute Gasteiger partial charge is 0.393 e. The third-order valence-corrected chi connectivity index (χ3v) is 3.07. The van der Waals surface area contributed by atoms with E-state index in [2.05, 4.69) is 27.8 Å². The molecule has 22 heavy (non-hydrogen) atoms. The van der Waals surface area contributed by atoms with Gasteiger partial charge in [0.2, 0.25) is 0 Å². The number of hydrogen-bond acceptors (Lipinski definition) is 4. The van der Waals surface area contributed by atoms with Crippen molar-refractivity contribution >= 4 is 17.5 Å². The van der Waals surface area contributed by atoms with Gasteiger partial charge in [-0.15, -0.1) is 0 Å². The zero-order valence-corrected chi connectivity index (χ0v) is 12.5. The van der Waals surface area contributed by atoms with E-state index in [0.717, 1.165) is 29.7 Å². The molecule has 4 nitrogen and oxygen atoms in total. The van der Waals surface area contributed by atoms with E-state index < -0.39 is 0 Å². The highest BCUT2D eigenvalue weighted by Crippen LogP contribution is 2.18. The standard InChI is InChI=1S/C18H19N3O/c1-19-12-16(8-5-9-22)17-10-18(14-20-13-17)21-11-15-6-3-2-4-7-15/h2-10,12-14,19,21H,11H2,1H3/b8-5-,16-12+. The fourth-order valence-electron chi connectivity index (χ4n) is 2.02. The van der Waals surface area contributed by atoms with Gasteiger partial charge in [-0.05, 0) is 29.4 Å². The topological polar surface area (TPSA) is 54.0 Å². The summed E-state index contributed by atoms with van der Waals surface area (Å²) in [6.07, 6.45) is 9.36. The molecule has 0 saturated carbocycles. The molecule has 4 heteroatoms. The van der Waals surface area contributed by atoms with E-state index in [1.165, 1.54) is 11.6 Å². The molecule has 0 aliphatic rings. The quantitative estimate of drug-likeness (QED) is 0.468. The minimum Gasteiger partial charge on any atom is -0.393 e. The van der Waals surface area contributed by atoms with Crippen LogP contribution in [0.1, 0.15) is 11.1 Å². The highest BCUT2D eigenvalue weighted by Gasteiger charge is 2.01. The zero-order chi connectivity index (χ0) is 15.6. The van der Waals surface area contributed by atoms with Gasteiger partial charge < -0.3 is 10.6 Å². The molecular weight excluding hydrogens is 274 g/mol. The Morgan fingerprint density at radius 2 is 2.05 bits per heavy atom. The van der Waals surface area contributed by atoms with Crippen molar-refractivity contribution in [2.75, 3.05) is 12.4 Å². The lowest BCUT2D eigenvalue weighted by atomic mass is 10.1. The Kier molecular flexibility index (Phi) is 5.93. The Balaban J connectivity index is 2.13. The Morgan fingerprint density at radius 1 is 1.23 bits per heavy atom. The first kappa shape index (κ1) is 15.5. The van der Waals surface area contributed by atoms with E-state index in [1.54, 1.807) is 18.5 Å². The van der Waals surface area contributed by atoms with Crippen molar-refractivity contribution in [1.82, 2.24) is 10.3 Å². The van der Waals surface area contributed by atoms with Crippen LogP contribution >= 0.6 is 0 Å². The summed E-state index contributed by atoms with van der Waals surface area (Å²) in [4.78, 5) is 14.8. The van der Waals surface area contributed by atoms with E-state index >= 15 is 0 Å². The first-order valence-corrected chi connectivity index (χ1v) is 7.06. The molecule has 2 N–H and O–H groups in total. The summed E-state index contributed by atoms with van der Waals surface area (Å²) in [6.45, 7) is 0.737. The summed E-state index contributed by atoms with van der Waals surface area (Å²) < 4.78 is 0. The molecule has 0 radical (unpaired) electrons. The zero-order valence-electron chi connectivity index (χ0n) is 12.5. The van der Waals surface area contributed by atoms with Gasteiger partial charge in [-0.25, -0.2) is 0 Å². The van der Waals surface area contributed by atoms with Crippen LogP contribution in [0, 0.1) is 0 Å². The SMILES string of the molecule is CN/C=C(\C=C/C=O)c1cncc(NCc2ccccc2)c1. The average molecular weight is 293 g/mol. The van der Waals surface area contributed by atoms with Gasteiger partial charge in [0, 0.05) is 37.7 Å². The number of carbonyl (C=O) groups excluding carboxylic acids is 1. The number of aldehydes is 1. The van der Waals surface area contributed by atoms with Gasteiger partial charge in [-0.1, -0.05) is 30.3 Å². The summed E-state index contributed by atoms with van der Waals surface area (Å²) in [5.41, 5.74) is 3.97. The van der Waals surface area contributed by atoms with Crippen LogP contribution in [-0.2, 0) is 11.3 Å². The number of anilines is 1. The van der Waals surface area contributed by atoms with Crippen LogP contribution in [0.3, 0.4) is 0 Å². The lowest BCUT2D eigenvalue weighted by Crippen LogP contribution is -2.01. The smallest absolute Gasteiger partial charge is 0.142 e. The number of hydrogen-bond donors (Lipinski definition) is 2. The molecule has 0 saturated heterocycles. The molecule has 0 fully saturated rings. The molecule has 1 aromatic heterocycles. The summed E-state index contributed by atoms with van der Waals surface area (Å²) in [7, 11) is 1.82. The highest BCUT2D eigenvalue weighted by molar-refractivity contribution is 5.79. The number of nitrogens with zero attached hydrogens (tertiary/aromatic N) is 1. The van der Waals surface area contributed by atoms with Crippen LogP contribution in [0.25, 0.3) is 5.57 Å². The summed E-state index contributed by atoms with van der Waals surface area (Å²) in [5, 5.41) is 6.33. The molecule has 1 heterocycles. The average Bonchev–Trinajstić information content (AvgIpc) is 2.58. The molecule has 1 aromatic carbocycles. The first-order valence-electron chi connectivity index (χ1n) is 7.06. The van der Waals surface area contributed by atoms with Gasteiger partial charge in [0.1, 0.15) is 6.29 Å². The molecule has 0 aliphatic heterocycles. The molecule has 0 spiro atoms. The van der Waals surface area contributed by atoms with Gasteiger partial charge >= 0.3 is 0 Å². The number of carbonyl (C=O) groups is 1. The van der Waals surface area contributed by atoms with Crippen LogP contribution in [0.2, 0.25) is 0 Å². The van der Waals surface area contributed by atoms with E-state index in [1.807, 2.05) is 37.5 Å². The van der Waals surface area contributed by atoms with Crippen molar-refractivity contribution in [2.45, 2.75) is 6.54 Å². The summed E-state index contributed by atoms with van der Waals surface area (Å²) in [6, 6.07) is 12.2. The molecule has 0 bridgehead atoms. The molecule has 0 atom stereocenters. The number of allylic oxidation sites excluding steroid dienone is 3. The maximum absolute atomic E-state index is 10.5. The Morgan fingerprint density at radius 3 is 2.77 bits per heavy atom. The van der Waals surface area contributed by atoms with Crippen molar-refractivity contribution in [2.24, 2.45) is 0 Å². The fourth-order valence-corrected chi connectivity index (χ4v) is 2.02. The monoisotopic (exact) mass is 293 g/mol. The molecule has 2 rings (SSSR count). The van der Waals surface area contributed by atoms with Crippen LogP contribution in [0.5, 0.6) is 0 Å². The van der Waals surface area contributed by atoms with Crippen LogP contribution in [-0.4, -0.2) is 18.3 Å². The summed E-state index contributed by atoms with van der Waals surface area (Å²) in [5.74, 6) is 0. The minimum absolute atomic E-state index is 0.737. The van der Waals surface area contributed by atoms with Crippen molar-refractivity contribution in [3.05, 3.63) is 78.3 Å². The summed E-state index contributed by atoms with van der Waals surface area (Å²) >= 11 is 0. The van der Waals surface area contributed by atoms with E-state index in [4.69, 9.17) is 0 Å². The maximum atomic E-state index is 10.5. The van der Waals surface area contributed by atoms with Gasteiger partial charge in [-0.3, -0.25) is 9.78 Å². The van der Waals surface area contributed by atoms with E-state index in [0.29, 0.717) is 0 Å². The molecule has 112 valence electrons. The van der Waals surface area contributed by atoms with Gasteiger partial charge in [0.15, 0.2) is 0 Å². The van der Waals surface area contributed by atoms with Crippen LogP contribution in [0.15, 0.2) is 67.1 Å². The predicted octanol–water partition coefficient (Wildman–Crippen LogP) is 3.01. The molecule has 0 aliphatic carbocycles. The second-order valence-electron chi connectivity index (χ2n) is 4.68. The van der Waals surface area contributed by atoms with Crippen LogP contribution < -0.4 is 10.6 Å². The molecular formula is C18H19N3O. The fraction of sp³-hybridized carbons (Fsp3) is 0.111. The van der Waals surface area contributed by atoms with Crippen molar-refractivity contribution in [1.29, 1.82) is 0 Å². The Hall–Kier alpha value is -2.88. The van der Waals surface area contributed by atoms with E-state index in [-0.39, 0.29) is 0 Å². The highest BCUT2D eigenvalue weighted by atomic mass is 16.1. The molecule has 0 amide bonds. The maximum Gasteiger partial charge on any atom is 0.142 e. The lowest BCUT2D eigenvalue weighted by Gasteiger charge is -2.09. The van der Waals surface area contributed by atoms with Crippen molar-refractivity contribution in [3.8, 4) is 0 Å². The number of aromatic nitrogens is 1. The number of benzene rings is 1. The van der Waals surface area contributed by atoms with Crippen molar-refractivity contribution < 1.29 is 4.79 Å². The number of nitrogens with one attached hydrogen (secondary N) is 2. The van der Waals surface area contributed by atoms with Gasteiger partial charge in [0.25, 0.3) is 0 Å². The van der Waals surface area contributed by atoms with Crippen molar-refractivity contribution in [3.63, 3.8) is 0 Å². The van der Waals surface area contributed by atoms with E-state index in [9.17, 15) is 4.79 Å². The Bertz CT molecular complexity index is 663. The second kappa shape index (κ2) is 8.42. The van der Waals surface area contributed by atoms with Crippen LogP contribution in [0.4, 0.5) is 5.69 Å². The third kappa shape index (κ3) is 4.59. The number of rotatable bonds is 7. The lowest BCUT2D eigenvalue weighted by molar-refractivity contribution is -0.104. The third-order valence-electron chi connectivity index (χ3n) is 3.07. The van der Waals surface area contributed by atoms with Gasteiger partial charge in [-0.2, -0.15) is 0 Å². The normalized spacial score (nSPS) is 11.4.